The summed E-state index contributed by atoms with van der Waals surface area (Å²) in [5.74, 6) is 1.10. The molecule has 2 aromatic heterocycles. The van der Waals surface area contributed by atoms with Gasteiger partial charge in [0.2, 0.25) is 0 Å². The van der Waals surface area contributed by atoms with Crippen molar-refractivity contribution in [1.82, 2.24) is 35.0 Å². The van der Waals surface area contributed by atoms with Gasteiger partial charge in [-0.05, 0) is 73.0 Å². The highest BCUT2D eigenvalue weighted by Gasteiger charge is 2.34. The van der Waals surface area contributed by atoms with Crippen LogP contribution in [0.5, 0.6) is 0 Å². The van der Waals surface area contributed by atoms with Crippen molar-refractivity contribution in [3.05, 3.63) is 51.1 Å². The van der Waals surface area contributed by atoms with E-state index in [1.807, 2.05) is 4.68 Å². The van der Waals surface area contributed by atoms with Gasteiger partial charge >= 0.3 is 0 Å². The van der Waals surface area contributed by atoms with Crippen molar-refractivity contribution in [2.75, 3.05) is 39.4 Å². The van der Waals surface area contributed by atoms with Crippen molar-refractivity contribution in [3.8, 4) is 0 Å². The number of rotatable bonds is 10. The summed E-state index contributed by atoms with van der Waals surface area (Å²) in [4.78, 5) is 21.3. The monoisotopic (exact) mass is 509 g/mol. The minimum atomic E-state index is -0.211. The van der Waals surface area contributed by atoms with Gasteiger partial charge < -0.3 is 9.72 Å². The number of morpholine rings is 1. The maximum atomic E-state index is 13.3. The van der Waals surface area contributed by atoms with Crippen LogP contribution < -0.4 is 5.56 Å². The fourth-order valence-electron chi connectivity index (χ4n) is 5.16. The van der Waals surface area contributed by atoms with Gasteiger partial charge in [0.05, 0.1) is 30.3 Å². The molecule has 1 atom stereocenters. The molecule has 3 heterocycles. The van der Waals surface area contributed by atoms with Crippen LogP contribution in [0.4, 0.5) is 0 Å². The molecular weight excluding hydrogens is 466 g/mol. The molecule has 1 aromatic carbocycles. The van der Waals surface area contributed by atoms with Crippen LogP contribution in [0.1, 0.15) is 69.6 Å². The highest BCUT2D eigenvalue weighted by molar-refractivity contribution is 5.83. The Bertz CT molecular complexity index is 1260. The second-order valence-electron chi connectivity index (χ2n) is 11.3. The van der Waals surface area contributed by atoms with Gasteiger partial charge in [-0.25, -0.2) is 4.68 Å². The summed E-state index contributed by atoms with van der Waals surface area (Å²) in [6.07, 6.45) is 0.909. The van der Waals surface area contributed by atoms with E-state index >= 15 is 0 Å². The first kappa shape index (κ1) is 27.4. The number of hydrogen-bond donors (Lipinski definition) is 1. The standard InChI is InChI=1S/C28H43N7O2/c1-8-28(6,7)35-26(30-31-32-35)25(19(2)3)34(12-11-33-13-15-37-16-14-33)18-23-17-22-10-9-20(4)21(5)24(22)29-27(23)36/h9-10,17,19,25H,8,11-16,18H2,1-7H3,(H,29,36). The van der Waals surface area contributed by atoms with Crippen LogP contribution in [0.2, 0.25) is 0 Å². The van der Waals surface area contributed by atoms with E-state index in [1.165, 1.54) is 5.56 Å². The molecule has 0 bridgehead atoms. The molecule has 1 saturated heterocycles. The van der Waals surface area contributed by atoms with Crippen molar-refractivity contribution in [2.45, 2.75) is 73.0 Å². The average molecular weight is 510 g/mol. The van der Waals surface area contributed by atoms with Crippen molar-refractivity contribution < 1.29 is 4.74 Å². The highest BCUT2D eigenvalue weighted by atomic mass is 16.5. The maximum Gasteiger partial charge on any atom is 0.252 e. The lowest BCUT2D eigenvalue weighted by Crippen LogP contribution is -2.44. The van der Waals surface area contributed by atoms with Gasteiger partial charge in [0.15, 0.2) is 5.82 Å². The summed E-state index contributed by atoms with van der Waals surface area (Å²) in [6.45, 7) is 20.6. The summed E-state index contributed by atoms with van der Waals surface area (Å²) < 4.78 is 7.54. The molecule has 1 N–H and O–H groups in total. The highest BCUT2D eigenvalue weighted by Crippen LogP contribution is 2.32. The van der Waals surface area contributed by atoms with Crippen LogP contribution in [0.15, 0.2) is 23.0 Å². The molecule has 0 spiro atoms. The smallest absolute Gasteiger partial charge is 0.252 e. The van der Waals surface area contributed by atoms with Gasteiger partial charge in [-0.2, -0.15) is 0 Å². The normalized spacial score (nSPS) is 16.2. The Labute approximate surface area is 220 Å². The Morgan fingerprint density at radius 2 is 1.92 bits per heavy atom. The fourth-order valence-corrected chi connectivity index (χ4v) is 5.16. The third-order valence-electron chi connectivity index (χ3n) is 8.03. The first-order chi connectivity index (χ1) is 17.6. The number of H-pyrrole nitrogens is 1. The number of nitrogens with zero attached hydrogens (tertiary/aromatic N) is 6. The van der Waals surface area contributed by atoms with Crippen LogP contribution in [-0.2, 0) is 16.8 Å². The molecule has 0 aliphatic carbocycles. The average Bonchev–Trinajstić information content (AvgIpc) is 3.36. The number of tetrazole rings is 1. The second-order valence-corrected chi connectivity index (χ2v) is 11.3. The van der Waals surface area contributed by atoms with Gasteiger partial charge in [-0.1, -0.05) is 32.9 Å². The molecule has 4 rings (SSSR count). The minimum Gasteiger partial charge on any atom is -0.379 e. The van der Waals surface area contributed by atoms with Gasteiger partial charge in [0.25, 0.3) is 5.56 Å². The van der Waals surface area contributed by atoms with Crippen molar-refractivity contribution >= 4 is 10.9 Å². The molecule has 9 heteroatoms. The lowest BCUT2D eigenvalue weighted by Gasteiger charge is -2.37. The number of nitrogens with one attached hydrogen (secondary N) is 1. The number of hydrogen-bond acceptors (Lipinski definition) is 7. The Morgan fingerprint density at radius 3 is 2.59 bits per heavy atom. The second kappa shape index (κ2) is 11.4. The molecule has 37 heavy (non-hydrogen) atoms. The van der Waals surface area contributed by atoms with Gasteiger partial charge in [0.1, 0.15) is 0 Å². The molecule has 3 aromatic rings. The largest absolute Gasteiger partial charge is 0.379 e. The van der Waals surface area contributed by atoms with E-state index in [2.05, 4.69) is 97.0 Å². The Balaban J connectivity index is 1.73. The van der Waals surface area contributed by atoms with E-state index in [9.17, 15) is 4.79 Å². The molecule has 9 nitrogen and oxygen atoms in total. The third-order valence-corrected chi connectivity index (χ3v) is 8.03. The summed E-state index contributed by atoms with van der Waals surface area (Å²) in [5.41, 5.74) is 3.73. The Morgan fingerprint density at radius 1 is 1.19 bits per heavy atom. The van der Waals surface area contributed by atoms with Crippen LogP contribution in [0.3, 0.4) is 0 Å². The predicted octanol–water partition coefficient (Wildman–Crippen LogP) is 3.81. The quantitative estimate of drug-likeness (QED) is 0.444. The van der Waals surface area contributed by atoms with E-state index in [1.54, 1.807) is 0 Å². The van der Waals surface area contributed by atoms with E-state index < -0.39 is 0 Å². The molecular formula is C28H43N7O2. The number of aromatic amines is 1. The molecule has 0 amide bonds. The van der Waals surface area contributed by atoms with Crippen LogP contribution >= 0.6 is 0 Å². The summed E-state index contributed by atoms with van der Waals surface area (Å²) in [5, 5.41) is 14.1. The predicted molar refractivity (Wildman–Crippen MR) is 147 cm³/mol. The van der Waals surface area contributed by atoms with Gasteiger partial charge in [-0.3, -0.25) is 14.6 Å². The van der Waals surface area contributed by atoms with E-state index in [0.717, 1.165) is 73.7 Å². The number of aromatic nitrogens is 5. The maximum absolute atomic E-state index is 13.3. The van der Waals surface area contributed by atoms with Gasteiger partial charge in [0, 0.05) is 38.3 Å². The number of fused-ring (bicyclic) bond motifs is 1. The first-order valence-corrected chi connectivity index (χ1v) is 13.6. The lowest BCUT2D eigenvalue weighted by molar-refractivity contribution is 0.0264. The van der Waals surface area contributed by atoms with Crippen molar-refractivity contribution in [1.29, 1.82) is 0 Å². The van der Waals surface area contributed by atoms with E-state index in [0.29, 0.717) is 6.54 Å². The number of aryl methyl sites for hydroxylation is 2. The zero-order valence-electron chi connectivity index (χ0n) is 23.5. The topological polar surface area (TPSA) is 92.2 Å². The molecule has 1 aliphatic heterocycles. The Kier molecular flexibility index (Phi) is 8.46. The summed E-state index contributed by atoms with van der Waals surface area (Å²) in [6, 6.07) is 6.23. The van der Waals surface area contributed by atoms with E-state index in [4.69, 9.17) is 4.74 Å². The summed E-state index contributed by atoms with van der Waals surface area (Å²) in [7, 11) is 0. The first-order valence-electron chi connectivity index (χ1n) is 13.6. The molecule has 0 saturated carbocycles. The molecule has 1 fully saturated rings. The van der Waals surface area contributed by atoms with Crippen molar-refractivity contribution in [2.24, 2.45) is 5.92 Å². The number of ether oxygens (including phenoxy) is 1. The SMILES string of the molecule is CCC(C)(C)n1nnnc1C(C(C)C)N(CCN1CCOCC1)Cc1cc2ccc(C)c(C)c2[nH]c1=O. The third kappa shape index (κ3) is 5.94. The number of benzene rings is 1. The van der Waals surface area contributed by atoms with Crippen LogP contribution in [0, 0.1) is 19.8 Å². The zero-order valence-corrected chi connectivity index (χ0v) is 23.5. The molecule has 0 radical (unpaired) electrons. The molecule has 1 aliphatic rings. The fraction of sp³-hybridized carbons (Fsp3) is 0.643. The minimum absolute atomic E-state index is 0.0337. The summed E-state index contributed by atoms with van der Waals surface area (Å²) >= 11 is 0. The number of pyridine rings is 1. The molecule has 202 valence electrons. The van der Waals surface area contributed by atoms with E-state index in [-0.39, 0.29) is 23.1 Å². The van der Waals surface area contributed by atoms with Crippen molar-refractivity contribution in [3.63, 3.8) is 0 Å². The van der Waals surface area contributed by atoms with Gasteiger partial charge in [-0.15, -0.1) is 5.10 Å². The zero-order chi connectivity index (χ0) is 26.7. The Hall–Kier alpha value is -2.62. The van der Waals surface area contributed by atoms with Crippen LogP contribution in [0.25, 0.3) is 10.9 Å². The lowest BCUT2D eigenvalue weighted by atomic mass is 9.97. The van der Waals surface area contributed by atoms with Crippen LogP contribution in [-0.4, -0.2) is 74.4 Å². The molecule has 1 unspecified atom stereocenters.